The average Bonchev–Trinajstić information content (AvgIpc) is 2.19. The molecule has 0 aromatic carbocycles. The van der Waals surface area contributed by atoms with Crippen LogP contribution in [0.1, 0.15) is 57.8 Å². The maximum atomic E-state index is 10.6. The summed E-state index contributed by atoms with van der Waals surface area (Å²) >= 11 is 2.41. The molecular weight excluding hydrogens is 338 g/mol. The molecule has 3 nitrogen and oxygen atoms in total. The van der Waals surface area contributed by atoms with Crippen molar-refractivity contribution in [2.45, 2.75) is 57.8 Å². The molecule has 5 heteroatoms. The lowest BCUT2D eigenvalue weighted by atomic mass is 10.1. The van der Waals surface area contributed by atoms with E-state index in [0.717, 1.165) is 12.8 Å². The first-order valence-electron chi connectivity index (χ1n) is 6.17. The molecule has 0 saturated carbocycles. The summed E-state index contributed by atoms with van der Waals surface area (Å²) < 4.78 is 11.8. The van der Waals surface area contributed by atoms with Crippen molar-refractivity contribution in [3.05, 3.63) is 0 Å². The van der Waals surface area contributed by atoms with E-state index in [2.05, 4.69) is 22.6 Å². The first-order chi connectivity index (χ1) is 7.56. The van der Waals surface area contributed by atoms with Crippen molar-refractivity contribution in [2.24, 2.45) is 0 Å². The molecular formula is C11H24IO3P. The lowest BCUT2D eigenvalue weighted by Crippen LogP contribution is -1.88. The van der Waals surface area contributed by atoms with E-state index in [1.807, 2.05) is 0 Å². The van der Waals surface area contributed by atoms with Crippen molar-refractivity contribution in [2.75, 3.05) is 10.6 Å². The summed E-state index contributed by atoms with van der Waals surface area (Å²) in [6, 6.07) is 0. The Hall–Kier alpha value is 0.880. The molecule has 0 radical (unpaired) electrons. The molecule has 0 bridgehead atoms. The van der Waals surface area contributed by atoms with Crippen LogP contribution in [0.25, 0.3) is 0 Å². The summed E-state index contributed by atoms with van der Waals surface area (Å²) in [6.45, 7) is 0. The third kappa shape index (κ3) is 14.9. The van der Waals surface area contributed by atoms with Gasteiger partial charge in [-0.15, -0.1) is 0 Å². The predicted octanol–water partition coefficient (Wildman–Crippen LogP) is 4.11. The molecule has 16 heavy (non-hydrogen) atoms. The zero-order chi connectivity index (χ0) is 12.3. The fraction of sp³-hybridized carbons (Fsp3) is 1.00. The summed E-state index contributed by atoms with van der Waals surface area (Å²) in [4.78, 5) is 17.3. The van der Waals surface area contributed by atoms with Gasteiger partial charge in [0.25, 0.3) is 0 Å². The Balaban J connectivity index is 3.02. The van der Waals surface area contributed by atoms with E-state index >= 15 is 0 Å². The number of unbranched alkanes of at least 4 members (excludes halogenated alkanes) is 8. The zero-order valence-corrected chi connectivity index (χ0v) is 13.0. The summed E-state index contributed by atoms with van der Waals surface area (Å²) in [6.07, 6.45) is 10.6. The Morgan fingerprint density at radius 3 is 1.50 bits per heavy atom. The van der Waals surface area contributed by atoms with Crippen LogP contribution in [0.3, 0.4) is 0 Å². The van der Waals surface area contributed by atoms with E-state index in [4.69, 9.17) is 9.79 Å². The molecule has 0 unspecified atom stereocenters. The highest BCUT2D eigenvalue weighted by Gasteiger charge is 2.10. The van der Waals surface area contributed by atoms with Gasteiger partial charge in [0, 0.05) is 6.16 Å². The molecule has 0 aliphatic carbocycles. The molecule has 0 aliphatic rings. The predicted molar refractivity (Wildman–Crippen MR) is 77.4 cm³/mol. The van der Waals surface area contributed by atoms with Crippen molar-refractivity contribution in [3.8, 4) is 0 Å². The molecule has 2 N–H and O–H groups in total. The second-order valence-electron chi connectivity index (χ2n) is 4.26. The largest absolute Gasteiger partial charge is 0.325 e. The van der Waals surface area contributed by atoms with Gasteiger partial charge in [0.05, 0.1) is 0 Å². The van der Waals surface area contributed by atoms with Gasteiger partial charge in [-0.1, -0.05) is 67.5 Å². The second-order valence-corrected chi connectivity index (χ2v) is 7.11. The molecule has 0 rings (SSSR count). The molecule has 0 spiro atoms. The lowest BCUT2D eigenvalue weighted by Gasteiger charge is -2.03. The van der Waals surface area contributed by atoms with Crippen LogP contribution in [0.5, 0.6) is 0 Å². The molecule has 0 aliphatic heterocycles. The molecule has 0 atom stereocenters. The van der Waals surface area contributed by atoms with Gasteiger partial charge in [-0.3, -0.25) is 4.57 Å². The summed E-state index contributed by atoms with van der Waals surface area (Å²) in [5.41, 5.74) is 0. The minimum atomic E-state index is -3.74. The zero-order valence-electron chi connectivity index (χ0n) is 9.91. The molecule has 0 heterocycles. The van der Waals surface area contributed by atoms with Gasteiger partial charge in [-0.05, 0) is 17.3 Å². The Kier molecular flexibility index (Phi) is 11.6. The van der Waals surface area contributed by atoms with Crippen LogP contribution in [0.4, 0.5) is 0 Å². The summed E-state index contributed by atoms with van der Waals surface area (Å²) in [7, 11) is -3.74. The van der Waals surface area contributed by atoms with Gasteiger partial charge in [-0.2, -0.15) is 0 Å². The molecule has 0 fully saturated rings. The standard InChI is InChI=1S/C11H24IO3P/c12-10-8-6-4-2-1-3-5-7-9-11-16(13,14)15/h1-11H2,(H2,13,14,15). The van der Waals surface area contributed by atoms with Gasteiger partial charge in [0.1, 0.15) is 0 Å². The van der Waals surface area contributed by atoms with Gasteiger partial charge in [0.2, 0.25) is 0 Å². The fourth-order valence-electron chi connectivity index (χ4n) is 1.65. The number of hydrogen-bond acceptors (Lipinski definition) is 1. The molecule has 0 amide bonds. The van der Waals surface area contributed by atoms with Crippen molar-refractivity contribution >= 4 is 30.2 Å². The number of hydrogen-bond donors (Lipinski definition) is 2. The smallest absolute Gasteiger partial charge is 0.324 e. The van der Waals surface area contributed by atoms with Crippen LogP contribution in [-0.2, 0) is 4.57 Å². The lowest BCUT2D eigenvalue weighted by molar-refractivity contribution is 0.370. The Morgan fingerprint density at radius 1 is 0.750 bits per heavy atom. The highest BCUT2D eigenvalue weighted by Crippen LogP contribution is 2.35. The third-order valence-corrected chi connectivity index (χ3v) is 4.24. The Bertz CT molecular complexity index is 194. The Morgan fingerprint density at radius 2 is 1.12 bits per heavy atom. The highest BCUT2D eigenvalue weighted by molar-refractivity contribution is 14.1. The van der Waals surface area contributed by atoms with Crippen LogP contribution in [0, 0.1) is 0 Å². The van der Waals surface area contributed by atoms with Crippen LogP contribution < -0.4 is 0 Å². The minimum Gasteiger partial charge on any atom is -0.324 e. The molecule has 0 saturated heterocycles. The van der Waals surface area contributed by atoms with Crippen molar-refractivity contribution in [3.63, 3.8) is 0 Å². The van der Waals surface area contributed by atoms with Crippen LogP contribution in [-0.4, -0.2) is 20.4 Å². The van der Waals surface area contributed by atoms with Gasteiger partial charge in [-0.25, -0.2) is 0 Å². The Labute approximate surface area is 113 Å². The molecule has 0 aromatic heterocycles. The first kappa shape index (κ1) is 16.9. The second kappa shape index (κ2) is 11.0. The number of alkyl halides is 1. The van der Waals surface area contributed by atoms with Gasteiger partial charge >= 0.3 is 7.60 Å². The number of halogens is 1. The van der Waals surface area contributed by atoms with E-state index in [-0.39, 0.29) is 6.16 Å². The van der Waals surface area contributed by atoms with E-state index in [9.17, 15) is 4.57 Å². The van der Waals surface area contributed by atoms with Crippen molar-refractivity contribution < 1.29 is 14.4 Å². The quantitative estimate of drug-likeness (QED) is 0.252. The maximum Gasteiger partial charge on any atom is 0.325 e. The van der Waals surface area contributed by atoms with Gasteiger partial charge < -0.3 is 9.79 Å². The monoisotopic (exact) mass is 362 g/mol. The minimum absolute atomic E-state index is 0.0582. The van der Waals surface area contributed by atoms with Crippen LogP contribution >= 0.6 is 30.2 Å². The summed E-state index contributed by atoms with van der Waals surface area (Å²) in [5.74, 6) is 0. The van der Waals surface area contributed by atoms with E-state index in [1.165, 1.54) is 43.0 Å². The summed E-state index contributed by atoms with van der Waals surface area (Å²) in [5, 5.41) is 0. The fourth-order valence-corrected chi connectivity index (χ4v) is 2.82. The molecule has 0 aromatic rings. The van der Waals surface area contributed by atoms with Gasteiger partial charge in [0.15, 0.2) is 0 Å². The third-order valence-electron chi connectivity index (χ3n) is 2.58. The maximum absolute atomic E-state index is 10.6. The molecule has 98 valence electrons. The first-order valence-corrected chi connectivity index (χ1v) is 9.49. The normalized spacial score (nSPS) is 11.9. The topological polar surface area (TPSA) is 57.5 Å². The highest BCUT2D eigenvalue weighted by atomic mass is 127. The van der Waals surface area contributed by atoms with Crippen molar-refractivity contribution in [1.29, 1.82) is 0 Å². The van der Waals surface area contributed by atoms with Crippen LogP contribution in [0.2, 0.25) is 0 Å². The SMILES string of the molecule is O=P(O)(O)CCCCCCCCCCCI. The van der Waals surface area contributed by atoms with E-state index in [0.29, 0.717) is 6.42 Å². The van der Waals surface area contributed by atoms with Crippen molar-refractivity contribution in [1.82, 2.24) is 0 Å². The van der Waals surface area contributed by atoms with Crippen LogP contribution in [0.15, 0.2) is 0 Å². The average molecular weight is 362 g/mol. The van der Waals surface area contributed by atoms with E-state index in [1.54, 1.807) is 0 Å². The number of rotatable bonds is 11. The van der Waals surface area contributed by atoms with E-state index < -0.39 is 7.60 Å².